The normalized spacial score (nSPS) is 12.7. The maximum absolute atomic E-state index is 6.01. The Morgan fingerprint density at radius 1 is 1.00 bits per heavy atom. The van der Waals surface area contributed by atoms with Crippen molar-refractivity contribution in [3.05, 3.63) is 60.4 Å². The molecule has 0 radical (unpaired) electrons. The molecule has 19 heavy (non-hydrogen) atoms. The van der Waals surface area contributed by atoms with Gasteiger partial charge in [0.15, 0.2) is 0 Å². The molecule has 0 aliphatic carbocycles. The van der Waals surface area contributed by atoms with Gasteiger partial charge in [-0.05, 0) is 35.7 Å². The van der Waals surface area contributed by atoms with Crippen LogP contribution in [0.25, 0.3) is 22.1 Å². The molecule has 2 heteroatoms. The number of furan rings is 1. The first kappa shape index (κ1) is 12.0. The van der Waals surface area contributed by atoms with Crippen LogP contribution in [0, 0.1) is 0 Å². The molecule has 0 aliphatic rings. The molecule has 2 N–H and O–H groups in total. The molecule has 1 heterocycles. The standard InChI is InChI=1S/C17H17NO/c1-2-15(18)17-11-14-10-13(8-9-16(14)19-17)12-6-4-3-5-7-12/h3-11,15H,2,18H2,1H3. The third-order valence-electron chi connectivity index (χ3n) is 3.45. The van der Waals surface area contributed by atoms with Crippen molar-refractivity contribution in [2.24, 2.45) is 5.73 Å². The van der Waals surface area contributed by atoms with E-state index in [4.69, 9.17) is 10.2 Å². The van der Waals surface area contributed by atoms with Crippen molar-refractivity contribution >= 4 is 11.0 Å². The number of rotatable bonds is 3. The molecule has 2 aromatic carbocycles. The first-order valence-corrected chi connectivity index (χ1v) is 6.62. The SMILES string of the molecule is CCC(N)c1cc2cc(-c3ccccc3)ccc2o1. The van der Waals surface area contributed by atoms with Crippen LogP contribution in [0.2, 0.25) is 0 Å². The first-order valence-electron chi connectivity index (χ1n) is 6.62. The van der Waals surface area contributed by atoms with Gasteiger partial charge in [-0.15, -0.1) is 0 Å². The highest BCUT2D eigenvalue weighted by Crippen LogP contribution is 2.28. The van der Waals surface area contributed by atoms with E-state index in [2.05, 4.69) is 37.3 Å². The van der Waals surface area contributed by atoms with E-state index < -0.39 is 0 Å². The minimum absolute atomic E-state index is 0.0208. The zero-order chi connectivity index (χ0) is 13.2. The average Bonchev–Trinajstić information content (AvgIpc) is 2.90. The van der Waals surface area contributed by atoms with Crippen molar-refractivity contribution in [1.29, 1.82) is 0 Å². The summed E-state index contributed by atoms with van der Waals surface area (Å²) in [6.07, 6.45) is 0.880. The molecular weight excluding hydrogens is 234 g/mol. The number of fused-ring (bicyclic) bond motifs is 1. The number of hydrogen-bond donors (Lipinski definition) is 1. The third kappa shape index (κ3) is 2.27. The van der Waals surface area contributed by atoms with E-state index in [9.17, 15) is 0 Å². The molecule has 2 nitrogen and oxygen atoms in total. The molecule has 0 aliphatic heterocycles. The largest absolute Gasteiger partial charge is 0.459 e. The van der Waals surface area contributed by atoms with Crippen molar-refractivity contribution < 1.29 is 4.42 Å². The van der Waals surface area contributed by atoms with Gasteiger partial charge in [-0.25, -0.2) is 0 Å². The summed E-state index contributed by atoms with van der Waals surface area (Å²) >= 11 is 0. The summed E-state index contributed by atoms with van der Waals surface area (Å²) in [5, 5.41) is 1.11. The van der Waals surface area contributed by atoms with Gasteiger partial charge in [0.2, 0.25) is 0 Å². The highest BCUT2D eigenvalue weighted by atomic mass is 16.3. The van der Waals surface area contributed by atoms with Crippen molar-refractivity contribution in [2.75, 3.05) is 0 Å². The van der Waals surface area contributed by atoms with E-state index in [0.717, 1.165) is 23.2 Å². The van der Waals surface area contributed by atoms with Gasteiger partial charge in [0.05, 0.1) is 6.04 Å². The quantitative estimate of drug-likeness (QED) is 0.743. The van der Waals surface area contributed by atoms with Crippen molar-refractivity contribution in [1.82, 2.24) is 0 Å². The number of nitrogens with two attached hydrogens (primary N) is 1. The zero-order valence-corrected chi connectivity index (χ0v) is 11.0. The first-order chi connectivity index (χ1) is 9.28. The highest BCUT2D eigenvalue weighted by molar-refractivity contribution is 5.84. The van der Waals surface area contributed by atoms with Crippen LogP contribution in [0.4, 0.5) is 0 Å². The van der Waals surface area contributed by atoms with E-state index >= 15 is 0 Å². The second-order valence-electron chi connectivity index (χ2n) is 4.78. The Kier molecular flexibility index (Phi) is 3.10. The minimum Gasteiger partial charge on any atom is -0.459 e. The summed E-state index contributed by atoms with van der Waals surface area (Å²) < 4.78 is 5.79. The summed E-state index contributed by atoms with van der Waals surface area (Å²) in [5.41, 5.74) is 9.33. The van der Waals surface area contributed by atoms with Crippen LogP contribution in [0.3, 0.4) is 0 Å². The van der Waals surface area contributed by atoms with Gasteiger partial charge in [0.1, 0.15) is 11.3 Å². The summed E-state index contributed by atoms with van der Waals surface area (Å²) in [7, 11) is 0. The van der Waals surface area contributed by atoms with Crippen LogP contribution >= 0.6 is 0 Å². The van der Waals surface area contributed by atoms with Crippen molar-refractivity contribution in [2.45, 2.75) is 19.4 Å². The maximum Gasteiger partial charge on any atom is 0.134 e. The molecule has 0 fully saturated rings. The predicted molar refractivity (Wildman–Crippen MR) is 78.9 cm³/mol. The average molecular weight is 251 g/mol. The topological polar surface area (TPSA) is 39.2 Å². The van der Waals surface area contributed by atoms with Gasteiger partial charge >= 0.3 is 0 Å². The fourth-order valence-electron chi connectivity index (χ4n) is 2.26. The Labute approximate surface area is 112 Å². The van der Waals surface area contributed by atoms with Crippen LogP contribution in [0.15, 0.2) is 59.0 Å². The molecule has 0 amide bonds. The Bertz CT molecular complexity index is 685. The molecule has 3 aromatic rings. The van der Waals surface area contributed by atoms with Crippen LogP contribution in [0.1, 0.15) is 25.1 Å². The summed E-state index contributed by atoms with van der Waals surface area (Å²) in [6, 6.07) is 18.6. The molecule has 0 saturated heterocycles. The van der Waals surface area contributed by atoms with Gasteiger partial charge in [-0.2, -0.15) is 0 Å². The molecule has 0 saturated carbocycles. The van der Waals surface area contributed by atoms with Gasteiger partial charge in [-0.1, -0.05) is 43.3 Å². The van der Waals surface area contributed by atoms with Crippen LogP contribution < -0.4 is 5.73 Å². The molecule has 1 atom stereocenters. The summed E-state index contributed by atoms with van der Waals surface area (Å²) in [5.74, 6) is 0.864. The molecule has 1 unspecified atom stereocenters. The fourth-order valence-corrected chi connectivity index (χ4v) is 2.26. The lowest BCUT2D eigenvalue weighted by molar-refractivity contribution is 0.488. The highest BCUT2D eigenvalue weighted by Gasteiger charge is 2.10. The molecule has 1 aromatic heterocycles. The monoisotopic (exact) mass is 251 g/mol. The smallest absolute Gasteiger partial charge is 0.134 e. The Morgan fingerprint density at radius 3 is 2.53 bits per heavy atom. The lowest BCUT2D eigenvalue weighted by Crippen LogP contribution is -2.06. The second-order valence-corrected chi connectivity index (χ2v) is 4.78. The van der Waals surface area contributed by atoms with Gasteiger partial charge in [0.25, 0.3) is 0 Å². The maximum atomic E-state index is 6.01. The Morgan fingerprint density at radius 2 is 1.79 bits per heavy atom. The fraction of sp³-hybridized carbons (Fsp3) is 0.176. The Balaban J connectivity index is 2.06. The van der Waals surface area contributed by atoms with Gasteiger partial charge < -0.3 is 10.2 Å². The van der Waals surface area contributed by atoms with Gasteiger partial charge in [-0.3, -0.25) is 0 Å². The van der Waals surface area contributed by atoms with Crippen LogP contribution in [-0.4, -0.2) is 0 Å². The molecule has 96 valence electrons. The predicted octanol–water partition coefficient (Wildman–Crippen LogP) is 4.51. The van der Waals surface area contributed by atoms with E-state index in [0.29, 0.717) is 0 Å². The lowest BCUT2D eigenvalue weighted by Gasteiger charge is -2.02. The van der Waals surface area contributed by atoms with Crippen molar-refractivity contribution in [3.63, 3.8) is 0 Å². The van der Waals surface area contributed by atoms with Crippen LogP contribution in [0.5, 0.6) is 0 Å². The summed E-state index contributed by atoms with van der Waals surface area (Å²) in [4.78, 5) is 0. The minimum atomic E-state index is -0.0208. The number of hydrogen-bond acceptors (Lipinski definition) is 2. The summed E-state index contributed by atoms with van der Waals surface area (Å²) in [6.45, 7) is 2.06. The third-order valence-corrected chi connectivity index (χ3v) is 3.45. The second kappa shape index (κ2) is 4.90. The van der Waals surface area contributed by atoms with E-state index in [1.165, 1.54) is 11.1 Å². The molecular formula is C17H17NO. The molecule has 3 rings (SSSR count). The zero-order valence-electron chi connectivity index (χ0n) is 11.0. The van der Waals surface area contributed by atoms with Crippen molar-refractivity contribution in [3.8, 4) is 11.1 Å². The Hall–Kier alpha value is -2.06. The molecule has 0 spiro atoms. The van der Waals surface area contributed by atoms with E-state index in [1.807, 2.05) is 24.3 Å². The van der Waals surface area contributed by atoms with Crippen LogP contribution in [-0.2, 0) is 0 Å². The number of benzene rings is 2. The molecule has 0 bridgehead atoms. The van der Waals surface area contributed by atoms with Gasteiger partial charge in [0, 0.05) is 5.39 Å². The van der Waals surface area contributed by atoms with E-state index in [1.54, 1.807) is 0 Å². The van der Waals surface area contributed by atoms with E-state index in [-0.39, 0.29) is 6.04 Å². The lowest BCUT2D eigenvalue weighted by atomic mass is 10.0.